The van der Waals surface area contributed by atoms with E-state index in [0.29, 0.717) is 23.4 Å². The van der Waals surface area contributed by atoms with Gasteiger partial charge in [0.15, 0.2) is 0 Å². The van der Waals surface area contributed by atoms with E-state index in [4.69, 9.17) is 4.98 Å². The third kappa shape index (κ3) is 5.09. The Hall–Kier alpha value is -4.28. The van der Waals surface area contributed by atoms with Gasteiger partial charge in [-0.3, -0.25) is 14.3 Å². The summed E-state index contributed by atoms with van der Waals surface area (Å²) in [5, 5.41) is 0.497. The summed E-state index contributed by atoms with van der Waals surface area (Å²) in [5.41, 5.74) is 4.63. The maximum absolute atomic E-state index is 16.2. The second-order valence-corrected chi connectivity index (χ2v) is 15.5. The lowest BCUT2D eigenvalue weighted by atomic mass is 9.94. The molecule has 0 amide bonds. The van der Waals surface area contributed by atoms with Crippen LogP contribution in [0.1, 0.15) is 51.3 Å². The highest BCUT2D eigenvalue weighted by atomic mass is 32.2. The van der Waals surface area contributed by atoms with E-state index in [-0.39, 0.29) is 22.2 Å². The zero-order valence-corrected chi connectivity index (χ0v) is 28.5. The van der Waals surface area contributed by atoms with Crippen molar-refractivity contribution in [3.05, 3.63) is 99.7 Å². The van der Waals surface area contributed by atoms with Gasteiger partial charge >= 0.3 is 0 Å². The largest absolute Gasteiger partial charge is 0.333 e. The highest BCUT2D eigenvalue weighted by Crippen LogP contribution is 2.39. The number of anilines is 1. The standard InChI is InChI=1S/C37H40FN5O3S/c1-7-40-17-16-27-18-25(10-11-28(27)20-40)26-12-15-32-30(19-26)31(21-42(32)47(45,46)29-13-8-24(4)9-14-29)34-33(38)35(44)41-22-37(5,6)43(23(2)3)36(41)39-34/h8-15,18-19,21,23H,7,16-17,20,22H2,1-6H3. The fourth-order valence-corrected chi connectivity index (χ4v) is 8.71. The molecule has 0 saturated carbocycles. The third-order valence-corrected chi connectivity index (χ3v) is 11.4. The molecule has 0 spiro atoms. The van der Waals surface area contributed by atoms with Gasteiger partial charge in [0.2, 0.25) is 11.8 Å². The van der Waals surface area contributed by atoms with Crippen molar-refractivity contribution in [2.75, 3.05) is 18.0 Å². The predicted octanol–water partition coefficient (Wildman–Crippen LogP) is 6.60. The number of nitrogens with zero attached hydrogens (tertiary/aromatic N) is 5. The first-order valence-corrected chi connectivity index (χ1v) is 17.7. The molecule has 244 valence electrons. The molecule has 4 heterocycles. The van der Waals surface area contributed by atoms with Crippen LogP contribution in [-0.4, -0.2) is 51.5 Å². The van der Waals surface area contributed by atoms with Crippen LogP contribution in [0.3, 0.4) is 0 Å². The monoisotopic (exact) mass is 653 g/mol. The molecule has 2 aliphatic heterocycles. The zero-order chi connectivity index (χ0) is 33.4. The van der Waals surface area contributed by atoms with Crippen molar-refractivity contribution < 1.29 is 12.8 Å². The number of benzene rings is 3. The second kappa shape index (κ2) is 11.2. The highest BCUT2D eigenvalue weighted by Gasteiger charge is 2.41. The molecule has 10 heteroatoms. The molecule has 2 aromatic heterocycles. The summed E-state index contributed by atoms with van der Waals surface area (Å²) in [6.45, 7) is 15.3. The molecule has 0 fully saturated rings. The number of likely N-dealkylation sites (N-methyl/N-ethyl adjacent to an activating group) is 1. The SMILES string of the molecule is CCN1CCc2cc(-c3ccc4c(c3)c(-c3nc5n(c(=O)c3F)CC(C)(C)N5C(C)C)cn4S(=O)(=O)c3ccc(C)cc3)ccc2C1. The van der Waals surface area contributed by atoms with Gasteiger partial charge in [-0.15, -0.1) is 0 Å². The minimum atomic E-state index is -4.08. The Bertz CT molecular complexity index is 2220. The molecule has 2 aliphatic rings. The van der Waals surface area contributed by atoms with Crippen molar-refractivity contribution in [1.82, 2.24) is 18.4 Å². The zero-order valence-electron chi connectivity index (χ0n) is 27.7. The third-order valence-electron chi connectivity index (χ3n) is 9.70. The maximum Gasteiger partial charge on any atom is 0.291 e. The normalized spacial score (nSPS) is 16.2. The van der Waals surface area contributed by atoms with Gasteiger partial charge in [-0.05, 0) is 94.1 Å². The van der Waals surface area contributed by atoms with Gasteiger partial charge in [-0.25, -0.2) is 17.4 Å². The molecular formula is C37H40FN5O3S. The summed E-state index contributed by atoms with van der Waals surface area (Å²) in [5.74, 6) is -0.623. The minimum absolute atomic E-state index is 0.00719. The number of hydrogen-bond acceptors (Lipinski definition) is 6. The Kier molecular flexibility index (Phi) is 7.44. The quantitative estimate of drug-likeness (QED) is 0.206. The van der Waals surface area contributed by atoms with Crippen molar-refractivity contribution >= 4 is 26.9 Å². The molecule has 7 rings (SSSR count). The van der Waals surface area contributed by atoms with Crippen LogP contribution in [0.4, 0.5) is 10.3 Å². The van der Waals surface area contributed by atoms with E-state index in [1.54, 1.807) is 30.3 Å². The van der Waals surface area contributed by atoms with E-state index >= 15 is 4.39 Å². The fourth-order valence-electron chi connectivity index (χ4n) is 7.34. The Labute approximate surface area is 275 Å². The molecule has 0 bridgehead atoms. The molecule has 3 aromatic carbocycles. The van der Waals surface area contributed by atoms with Crippen molar-refractivity contribution in [2.24, 2.45) is 0 Å². The number of hydrogen-bond donors (Lipinski definition) is 0. The summed E-state index contributed by atoms with van der Waals surface area (Å²) in [6.07, 6.45) is 2.37. The lowest BCUT2D eigenvalue weighted by Crippen LogP contribution is -2.45. The molecule has 5 aromatic rings. The van der Waals surface area contributed by atoms with E-state index in [9.17, 15) is 13.2 Å². The first-order chi connectivity index (χ1) is 22.3. The molecule has 0 N–H and O–H groups in total. The summed E-state index contributed by atoms with van der Waals surface area (Å²) >= 11 is 0. The molecule has 47 heavy (non-hydrogen) atoms. The number of aryl methyl sites for hydroxylation is 1. The van der Waals surface area contributed by atoms with Gasteiger partial charge in [-0.1, -0.05) is 48.9 Å². The molecule has 0 radical (unpaired) electrons. The number of rotatable bonds is 6. The summed E-state index contributed by atoms with van der Waals surface area (Å²) in [7, 11) is -4.08. The Morgan fingerprint density at radius 2 is 1.68 bits per heavy atom. The average molecular weight is 654 g/mol. The fraction of sp³-hybridized carbons (Fsp3) is 0.351. The van der Waals surface area contributed by atoms with Crippen LogP contribution >= 0.6 is 0 Å². The van der Waals surface area contributed by atoms with Crippen LogP contribution in [0.25, 0.3) is 33.3 Å². The van der Waals surface area contributed by atoms with Gasteiger partial charge in [0.25, 0.3) is 15.6 Å². The maximum atomic E-state index is 16.2. The van der Waals surface area contributed by atoms with Gasteiger partial charge in [0.05, 0.1) is 22.5 Å². The van der Waals surface area contributed by atoms with Gasteiger partial charge in [-0.2, -0.15) is 4.39 Å². The van der Waals surface area contributed by atoms with Crippen LogP contribution in [0.15, 0.2) is 76.6 Å². The second-order valence-electron chi connectivity index (χ2n) is 13.7. The molecule has 0 aliphatic carbocycles. The van der Waals surface area contributed by atoms with Gasteiger partial charge < -0.3 is 4.90 Å². The van der Waals surface area contributed by atoms with Crippen LogP contribution < -0.4 is 10.5 Å². The molecule has 0 atom stereocenters. The van der Waals surface area contributed by atoms with Crippen molar-refractivity contribution in [3.63, 3.8) is 0 Å². The van der Waals surface area contributed by atoms with E-state index < -0.39 is 26.9 Å². The predicted molar refractivity (Wildman–Crippen MR) is 185 cm³/mol. The lowest BCUT2D eigenvalue weighted by Gasteiger charge is -2.35. The summed E-state index contributed by atoms with van der Waals surface area (Å²) in [4.78, 5) is 22.9. The van der Waals surface area contributed by atoms with Crippen molar-refractivity contribution in [2.45, 2.75) is 77.5 Å². The molecular weight excluding hydrogens is 614 g/mol. The summed E-state index contributed by atoms with van der Waals surface area (Å²) < 4.78 is 47.0. The Balaban J connectivity index is 1.46. The van der Waals surface area contributed by atoms with E-state index in [1.807, 2.05) is 51.7 Å². The first kappa shape index (κ1) is 31.3. The van der Waals surface area contributed by atoms with E-state index in [1.165, 1.54) is 25.9 Å². The van der Waals surface area contributed by atoms with Crippen molar-refractivity contribution in [1.29, 1.82) is 0 Å². The smallest absolute Gasteiger partial charge is 0.291 e. The van der Waals surface area contributed by atoms with Crippen LogP contribution in [-0.2, 0) is 29.5 Å². The number of fused-ring (bicyclic) bond motifs is 3. The van der Waals surface area contributed by atoms with Crippen molar-refractivity contribution in [3.8, 4) is 22.4 Å². The Morgan fingerprint density at radius 1 is 0.979 bits per heavy atom. The summed E-state index contributed by atoms with van der Waals surface area (Å²) in [6, 6.07) is 18.6. The highest BCUT2D eigenvalue weighted by molar-refractivity contribution is 7.90. The molecule has 8 nitrogen and oxygen atoms in total. The minimum Gasteiger partial charge on any atom is -0.333 e. The first-order valence-electron chi connectivity index (χ1n) is 16.2. The Morgan fingerprint density at radius 3 is 2.38 bits per heavy atom. The average Bonchev–Trinajstić information content (AvgIpc) is 3.56. The van der Waals surface area contributed by atoms with Crippen LogP contribution in [0, 0.1) is 12.7 Å². The van der Waals surface area contributed by atoms with Gasteiger partial charge in [0.1, 0.15) is 5.69 Å². The number of aromatic nitrogens is 3. The molecule has 0 saturated heterocycles. The number of halogens is 1. The van der Waals surface area contributed by atoms with E-state index in [2.05, 4.69) is 30.0 Å². The molecule has 0 unspecified atom stereocenters. The van der Waals surface area contributed by atoms with Crippen LogP contribution in [0.2, 0.25) is 0 Å². The topological polar surface area (TPSA) is 80.4 Å². The lowest BCUT2D eigenvalue weighted by molar-refractivity contribution is 0.268. The van der Waals surface area contributed by atoms with E-state index in [0.717, 1.165) is 42.7 Å². The van der Waals surface area contributed by atoms with Crippen LogP contribution in [0.5, 0.6) is 0 Å². The van der Waals surface area contributed by atoms with Gasteiger partial charge in [0, 0.05) is 36.3 Å².